The molecule has 33 heavy (non-hydrogen) atoms. The van der Waals surface area contributed by atoms with E-state index in [1.54, 1.807) is 31.2 Å². The first-order valence-corrected chi connectivity index (χ1v) is 10.3. The normalized spacial score (nSPS) is 12.2. The van der Waals surface area contributed by atoms with E-state index in [4.69, 9.17) is 28.4 Å². The van der Waals surface area contributed by atoms with Crippen LogP contribution >= 0.6 is 0 Å². The molecule has 2 rings (SSSR count). The van der Waals surface area contributed by atoms with Crippen molar-refractivity contribution < 1.29 is 38.0 Å². The number of methoxy groups -OCH3 is 3. The van der Waals surface area contributed by atoms with Crippen LogP contribution in [0.3, 0.4) is 0 Å². The van der Waals surface area contributed by atoms with Crippen molar-refractivity contribution in [1.82, 2.24) is 0 Å². The lowest BCUT2D eigenvalue weighted by atomic mass is 10.0. The summed E-state index contributed by atoms with van der Waals surface area (Å²) in [4.78, 5) is 23.2. The first-order chi connectivity index (χ1) is 15.7. The van der Waals surface area contributed by atoms with Crippen molar-refractivity contribution in [3.8, 4) is 28.7 Å². The van der Waals surface area contributed by atoms with Crippen molar-refractivity contribution in [1.29, 1.82) is 0 Å². The summed E-state index contributed by atoms with van der Waals surface area (Å²) in [7, 11) is 4.52. The lowest BCUT2D eigenvalue weighted by molar-refractivity contribution is -0.151. The van der Waals surface area contributed by atoms with Crippen LogP contribution in [-0.2, 0) is 20.7 Å². The minimum Gasteiger partial charge on any atom is -0.493 e. The van der Waals surface area contributed by atoms with Gasteiger partial charge in [-0.05, 0) is 43.2 Å². The summed E-state index contributed by atoms with van der Waals surface area (Å²) < 4.78 is 33.3. The predicted molar refractivity (Wildman–Crippen MR) is 122 cm³/mol. The summed E-state index contributed by atoms with van der Waals surface area (Å²) in [6, 6.07) is 8.56. The second-order valence-corrected chi connectivity index (χ2v) is 7.18. The molecule has 2 atom stereocenters. The van der Waals surface area contributed by atoms with Crippen molar-refractivity contribution in [2.45, 2.75) is 39.4 Å². The standard InChI is InChI=1S/C25H30O8/c1-8-9-18-12-22(29-6)25(23(13-18)30-7)31-15(2)24(33-17(4)27)19-10-11-20(32-16(3)26)21(14-19)28-5/h8,10-15,24H,1,9H2,2-7H3/t15-,24+/m0/s1. The highest BCUT2D eigenvalue weighted by molar-refractivity contribution is 5.70. The van der Waals surface area contributed by atoms with Crippen molar-refractivity contribution in [3.05, 3.63) is 54.1 Å². The second-order valence-electron chi connectivity index (χ2n) is 7.18. The van der Waals surface area contributed by atoms with Crippen molar-refractivity contribution in [2.75, 3.05) is 21.3 Å². The van der Waals surface area contributed by atoms with Crippen molar-refractivity contribution in [2.24, 2.45) is 0 Å². The van der Waals surface area contributed by atoms with E-state index in [-0.39, 0.29) is 5.75 Å². The van der Waals surface area contributed by atoms with Gasteiger partial charge in [-0.25, -0.2) is 0 Å². The number of esters is 2. The molecule has 0 aliphatic carbocycles. The van der Waals surface area contributed by atoms with Gasteiger partial charge in [0.25, 0.3) is 0 Å². The van der Waals surface area contributed by atoms with Crippen LogP contribution in [0.1, 0.15) is 38.0 Å². The molecule has 2 aromatic rings. The SMILES string of the molecule is C=CCc1cc(OC)c(O[C@@H](C)[C@@H](OC(C)=O)c2ccc(OC(C)=O)c(OC)c2)c(OC)c1. The van der Waals surface area contributed by atoms with Gasteiger partial charge in [-0.15, -0.1) is 6.58 Å². The average Bonchev–Trinajstić information content (AvgIpc) is 2.78. The molecular formula is C25H30O8. The molecule has 0 amide bonds. The van der Waals surface area contributed by atoms with Crippen LogP contribution in [0.25, 0.3) is 0 Å². The third-order valence-corrected chi connectivity index (χ3v) is 4.69. The molecule has 178 valence electrons. The van der Waals surface area contributed by atoms with Gasteiger partial charge < -0.3 is 28.4 Å². The molecule has 8 heteroatoms. The van der Waals surface area contributed by atoms with E-state index in [0.717, 1.165) is 5.56 Å². The number of carbonyl (C=O) groups excluding carboxylic acids is 2. The van der Waals surface area contributed by atoms with Crippen LogP contribution in [-0.4, -0.2) is 39.4 Å². The maximum atomic E-state index is 11.9. The van der Waals surface area contributed by atoms with Gasteiger partial charge in [0, 0.05) is 19.4 Å². The molecule has 0 aliphatic rings. The Kier molecular flexibility index (Phi) is 9.15. The maximum Gasteiger partial charge on any atom is 0.308 e. The molecule has 0 fully saturated rings. The zero-order chi connectivity index (χ0) is 24.5. The van der Waals surface area contributed by atoms with Crippen molar-refractivity contribution in [3.63, 3.8) is 0 Å². The monoisotopic (exact) mass is 458 g/mol. The fourth-order valence-electron chi connectivity index (χ4n) is 3.30. The van der Waals surface area contributed by atoms with E-state index >= 15 is 0 Å². The minimum atomic E-state index is -0.801. The van der Waals surface area contributed by atoms with Gasteiger partial charge in [-0.1, -0.05) is 12.1 Å². The number of allylic oxidation sites excluding steroid dienone is 1. The first-order valence-electron chi connectivity index (χ1n) is 10.3. The van der Waals surface area contributed by atoms with E-state index in [1.807, 2.05) is 12.1 Å². The van der Waals surface area contributed by atoms with Gasteiger partial charge in [-0.3, -0.25) is 9.59 Å². The fraction of sp³-hybridized carbons (Fsp3) is 0.360. The molecule has 0 aliphatic heterocycles. The highest BCUT2D eigenvalue weighted by Crippen LogP contribution is 2.41. The first kappa shape index (κ1) is 25.6. The fourth-order valence-corrected chi connectivity index (χ4v) is 3.30. The molecule has 0 N–H and O–H groups in total. The van der Waals surface area contributed by atoms with E-state index < -0.39 is 24.1 Å². The quantitative estimate of drug-likeness (QED) is 0.277. The van der Waals surface area contributed by atoms with Gasteiger partial charge in [0.05, 0.1) is 21.3 Å². The van der Waals surface area contributed by atoms with E-state index in [2.05, 4.69) is 6.58 Å². The molecule has 0 unspecified atom stereocenters. The zero-order valence-corrected chi connectivity index (χ0v) is 19.8. The predicted octanol–water partition coefficient (Wildman–Crippen LogP) is 4.44. The molecule has 0 spiro atoms. The van der Waals surface area contributed by atoms with E-state index in [0.29, 0.717) is 35.0 Å². The average molecular weight is 459 g/mol. The van der Waals surface area contributed by atoms with Gasteiger partial charge in [0.15, 0.2) is 29.1 Å². The van der Waals surface area contributed by atoms with E-state index in [1.165, 1.54) is 35.2 Å². The lowest BCUT2D eigenvalue weighted by Crippen LogP contribution is -2.26. The van der Waals surface area contributed by atoms with Crippen LogP contribution in [0.4, 0.5) is 0 Å². The number of benzene rings is 2. The summed E-state index contributed by atoms with van der Waals surface area (Å²) in [5, 5.41) is 0. The molecular weight excluding hydrogens is 428 g/mol. The summed E-state index contributed by atoms with van der Waals surface area (Å²) in [5.74, 6) is 0.930. The second kappa shape index (κ2) is 11.8. The van der Waals surface area contributed by atoms with Crippen LogP contribution in [0.2, 0.25) is 0 Å². The highest BCUT2D eigenvalue weighted by atomic mass is 16.6. The van der Waals surface area contributed by atoms with Crippen LogP contribution in [0.5, 0.6) is 28.7 Å². The molecule has 8 nitrogen and oxygen atoms in total. The highest BCUT2D eigenvalue weighted by Gasteiger charge is 2.28. The Balaban J connectivity index is 2.45. The van der Waals surface area contributed by atoms with Gasteiger partial charge >= 0.3 is 11.9 Å². The largest absolute Gasteiger partial charge is 0.493 e. The topological polar surface area (TPSA) is 89.5 Å². The summed E-state index contributed by atoms with van der Waals surface area (Å²) >= 11 is 0. The number of carbonyl (C=O) groups is 2. The van der Waals surface area contributed by atoms with Gasteiger partial charge in [0.1, 0.15) is 6.10 Å². The van der Waals surface area contributed by atoms with Crippen LogP contribution in [0.15, 0.2) is 43.0 Å². The molecule has 2 aromatic carbocycles. The Morgan fingerprint density at radius 2 is 1.52 bits per heavy atom. The number of hydrogen-bond donors (Lipinski definition) is 0. The Labute approximate surface area is 194 Å². The van der Waals surface area contributed by atoms with Crippen LogP contribution in [0, 0.1) is 0 Å². The maximum absolute atomic E-state index is 11.9. The summed E-state index contributed by atoms with van der Waals surface area (Å²) in [5.41, 5.74) is 1.53. The molecule has 0 saturated heterocycles. The van der Waals surface area contributed by atoms with Crippen LogP contribution < -0.4 is 23.7 Å². The Bertz CT molecular complexity index is 973. The Hall–Kier alpha value is -3.68. The van der Waals surface area contributed by atoms with Crippen molar-refractivity contribution >= 4 is 11.9 Å². The summed E-state index contributed by atoms with van der Waals surface area (Å²) in [6.45, 7) is 8.13. The van der Waals surface area contributed by atoms with E-state index in [9.17, 15) is 9.59 Å². The number of hydrogen-bond acceptors (Lipinski definition) is 8. The number of rotatable bonds is 11. The smallest absolute Gasteiger partial charge is 0.308 e. The Morgan fingerprint density at radius 3 is 2.00 bits per heavy atom. The Morgan fingerprint density at radius 1 is 0.909 bits per heavy atom. The third-order valence-electron chi connectivity index (χ3n) is 4.69. The third kappa shape index (κ3) is 6.65. The number of ether oxygens (including phenoxy) is 6. The lowest BCUT2D eigenvalue weighted by Gasteiger charge is -2.27. The van der Waals surface area contributed by atoms with Gasteiger partial charge in [0.2, 0.25) is 5.75 Å². The zero-order valence-electron chi connectivity index (χ0n) is 19.8. The molecule has 0 aromatic heterocycles. The molecule has 0 saturated carbocycles. The molecule has 0 radical (unpaired) electrons. The minimum absolute atomic E-state index is 0.255. The van der Waals surface area contributed by atoms with Gasteiger partial charge in [-0.2, -0.15) is 0 Å². The summed E-state index contributed by atoms with van der Waals surface area (Å²) in [6.07, 6.45) is 0.963. The molecule has 0 bridgehead atoms. The molecule has 0 heterocycles.